The number of halogens is 3. The molecule has 0 bridgehead atoms. The van der Waals surface area contributed by atoms with Crippen LogP contribution in [0.2, 0.25) is 0 Å². The number of hydrogen-bond acceptors (Lipinski definition) is 2. The van der Waals surface area contributed by atoms with E-state index < -0.39 is 12.6 Å². The monoisotopic (exact) mass is 213 g/mol. The van der Waals surface area contributed by atoms with Crippen LogP contribution in [0.15, 0.2) is 0 Å². The molecule has 0 aliphatic carbocycles. The van der Waals surface area contributed by atoms with Gasteiger partial charge in [-0.25, -0.2) is 0 Å². The second-order valence-corrected chi connectivity index (χ2v) is 3.29. The van der Waals surface area contributed by atoms with E-state index in [-0.39, 0.29) is 19.1 Å². The van der Waals surface area contributed by atoms with Crippen LogP contribution in [0.3, 0.4) is 0 Å². The topological polar surface area (TPSA) is 32.3 Å². The van der Waals surface area contributed by atoms with Crippen LogP contribution in [0.5, 0.6) is 0 Å². The van der Waals surface area contributed by atoms with E-state index in [4.69, 9.17) is 5.11 Å². The van der Waals surface area contributed by atoms with E-state index in [0.717, 1.165) is 6.42 Å². The van der Waals surface area contributed by atoms with E-state index in [1.807, 2.05) is 6.92 Å². The summed E-state index contributed by atoms with van der Waals surface area (Å²) in [7, 11) is 0. The van der Waals surface area contributed by atoms with E-state index in [1.165, 1.54) is 0 Å². The highest BCUT2D eigenvalue weighted by atomic mass is 19.4. The summed E-state index contributed by atoms with van der Waals surface area (Å²) in [6, 6.07) is 0.133. The first-order valence-corrected chi connectivity index (χ1v) is 4.90. The smallest absolute Gasteiger partial charge is 0.389 e. The lowest BCUT2D eigenvalue weighted by Gasteiger charge is -2.15. The lowest BCUT2D eigenvalue weighted by Crippen LogP contribution is -2.30. The fourth-order valence-electron chi connectivity index (χ4n) is 1.20. The third-order valence-corrected chi connectivity index (χ3v) is 2.04. The Hall–Kier alpha value is -0.290. The standard InChI is InChI=1S/C9H18F3NO/c1-2-8(4-7-14)13-6-3-5-9(10,11)12/h8,13-14H,2-7H2,1H3. The number of aliphatic hydroxyl groups excluding tert-OH is 1. The van der Waals surface area contributed by atoms with Crippen molar-refractivity contribution in [2.75, 3.05) is 13.2 Å². The highest BCUT2D eigenvalue weighted by Crippen LogP contribution is 2.20. The van der Waals surface area contributed by atoms with Crippen molar-refractivity contribution in [2.45, 2.75) is 44.8 Å². The molecule has 2 nitrogen and oxygen atoms in total. The number of nitrogens with one attached hydrogen (secondary N) is 1. The highest BCUT2D eigenvalue weighted by Gasteiger charge is 2.25. The number of aliphatic hydroxyl groups is 1. The zero-order chi connectivity index (χ0) is 11.0. The van der Waals surface area contributed by atoms with Crippen LogP contribution in [-0.4, -0.2) is 30.5 Å². The molecule has 0 aliphatic rings. The van der Waals surface area contributed by atoms with E-state index in [9.17, 15) is 13.2 Å². The minimum absolute atomic E-state index is 0.0742. The quantitative estimate of drug-likeness (QED) is 0.634. The van der Waals surface area contributed by atoms with Crippen molar-refractivity contribution in [2.24, 2.45) is 0 Å². The van der Waals surface area contributed by atoms with Crippen LogP contribution in [0.4, 0.5) is 13.2 Å². The van der Waals surface area contributed by atoms with Crippen molar-refractivity contribution in [3.63, 3.8) is 0 Å². The van der Waals surface area contributed by atoms with Gasteiger partial charge < -0.3 is 10.4 Å². The Labute approximate surface area is 82.5 Å². The fourth-order valence-corrected chi connectivity index (χ4v) is 1.20. The van der Waals surface area contributed by atoms with Gasteiger partial charge in [0.05, 0.1) is 0 Å². The molecule has 0 radical (unpaired) electrons. The Morgan fingerprint density at radius 1 is 1.36 bits per heavy atom. The van der Waals surface area contributed by atoms with Crippen LogP contribution in [-0.2, 0) is 0 Å². The number of alkyl halides is 3. The molecule has 0 saturated carbocycles. The van der Waals surface area contributed by atoms with Crippen LogP contribution < -0.4 is 5.32 Å². The first-order valence-electron chi connectivity index (χ1n) is 4.90. The summed E-state index contributed by atoms with van der Waals surface area (Å²) in [6.45, 7) is 2.37. The predicted molar refractivity (Wildman–Crippen MR) is 49.1 cm³/mol. The summed E-state index contributed by atoms with van der Waals surface area (Å²) in [5, 5.41) is 11.6. The molecule has 14 heavy (non-hydrogen) atoms. The minimum Gasteiger partial charge on any atom is -0.396 e. The molecule has 2 N–H and O–H groups in total. The molecular weight excluding hydrogens is 195 g/mol. The molecule has 0 rings (SSSR count). The lowest BCUT2D eigenvalue weighted by atomic mass is 10.1. The van der Waals surface area contributed by atoms with Gasteiger partial charge in [0.2, 0.25) is 0 Å². The summed E-state index contributed by atoms with van der Waals surface area (Å²) >= 11 is 0. The maximum absolute atomic E-state index is 11.7. The molecule has 1 unspecified atom stereocenters. The van der Waals surface area contributed by atoms with Crippen molar-refractivity contribution in [3.8, 4) is 0 Å². The maximum atomic E-state index is 11.7. The zero-order valence-corrected chi connectivity index (χ0v) is 8.40. The molecular formula is C9H18F3NO. The average molecular weight is 213 g/mol. The Balaban J connectivity index is 3.42. The lowest BCUT2D eigenvalue weighted by molar-refractivity contribution is -0.135. The van der Waals surface area contributed by atoms with E-state index in [0.29, 0.717) is 13.0 Å². The van der Waals surface area contributed by atoms with Crippen LogP contribution >= 0.6 is 0 Å². The van der Waals surface area contributed by atoms with Gasteiger partial charge in [-0.3, -0.25) is 0 Å². The molecule has 1 atom stereocenters. The van der Waals surface area contributed by atoms with Gasteiger partial charge in [0, 0.05) is 19.1 Å². The first kappa shape index (κ1) is 13.7. The van der Waals surface area contributed by atoms with Gasteiger partial charge in [-0.1, -0.05) is 6.92 Å². The van der Waals surface area contributed by atoms with Crippen molar-refractivity contribution in [1.29, 1.82) is 0 Å². The largest absolute Gasteiger partial charge is 0.396 e. The van der Waals surface area contributed by atoms with Gasteiger partial charge in [-0.15, -0.1) is 0 Å². The molecule has 0 fully saturated rings. The third kappa shape index (κ3) is 8.31. The Morgan fingerprint density at radius 3 is 2.43 bits per heavy atom. The van der Waals surface area contributed by atoms with Gasteiger partial charge in [-0.05, 0) is 25.8 Å². The molecule has 0 spiro atoms. The Morgan fingerprint density at radius 2 is 2.00 bits per heavy atom. The van der Waals surface area contributed by atoms with Crippen LogP contribution in [0.1, 0.15) is 32.6 Å². The zero-order valence-electron chi connectivity index (χ0n) is 8.40. The third-order valence-electron chi connectivity index (χ3n) is 2.04. The minimum atomic E-state index is -4.06. The highest BCUT2D eigenvalue weighted by molar-refractivity contribution is 4.64. The Bertz CT molecular complexity index is 139. The molecule has 0 aromatic heterocycles. The summed E-state index contributed by atoms with van der Waals surface area (Å²) < 4.78 is 35.2. The molecule has 5 heteroatoms. The normalized spacial score (nSPS) is 14.4. The molecule has 86 valence electrons. The molecule has 0 aromatic carbocycles. The van der Waals surface area contributed by atoms with Crippen LogP contribution in [0.25, 0.3) is 0 Å². The van der Waals surface area contributed by atoms with Gasteiger partial charge in [0.15, 0.2) is 0 Å². The molecule has 0 aliphatic heterocycles. The fraction of sp³-hybridized carbons (Fsp3) is 1.00. The van der Waals surface area contributed by atoms with Gasteiger partial charge in [-0.2, -0.15) is 13.2 Å². The Kier molecular flexibility index (Phi) is 6.92. The molecule has 0 amide bonds. The second-order valence-electron chi connectivity index (χ2n) is 3.29. The average Bonchev–Trinajstić information content (AvgIpc) is 2.08. The predicted octanol–water partition coefficient (Wildman–Crippen LogP) is 2.08. The van der Waals surface area contributed by atoms with E-state index >= 15 is 0 Å². The van der Waals surface area contributed by atoms with Crippen molar-refractivity contribution >= 4 is 0 Å². The van der Waals surface area contributed by atoms with Gasteiger partial charge in [0.1, 0.15) is 0 Å². The molecule has 0 heterocycles. The van der Waals surface area contributed by atoms with Gasteiger partial charge in [0.25, 0.3) is 0 Å². The van der Waals surface area contributed by atoms with Crippen molar-refractivity contribution in [3.05, 3.63) is 0 Å². The first-order chi connectivity index (χ1) is 6.49. The number of rotatable bonds is 7. The van der Waals surface area contributed by atoms with E-state index in [2.05, 4.69) is 5.32 Å². The summed E-state index contributed by atoms with van der Waals surface area (Å²) in [5.74, 6) is 0. The second kappa shape index (κ2) is 7.06. The van der Waals surface area contributed by atoms with Gasteiger partial charge >= 0.3 is 6.18 Å². The summed E-state index contributed by atoms with van der Waals surface area (Å²) in [5.41, 5.74) is 0. The molecule has 0 saturated heterocycles. The van der Waals surface area contributed by atoms with E-state index in [1.54, 1.807) is 0 Å². The van der Waals surface area contributed by atoms with Crippen LogP contribution in [0, 0.1) is 0 Å². The van der Waals surface area contributed by atoms with Crippen molar-refractivity contribution < 1.29 is 18.3 Å². The maximum Gasteiger partial charge on any atom is 0.389 e. The number of hydrogen-bond donors (Lipinski definition) is 2. The summed E-state index contributed by atoms with van der Waals surface area (Å²) in [6.07, 6.45) is -3.27. The van der Waals surface area contributed by atoms with Crippen molar-refractivity contribution in [1.82, 2.24) is 5.32 Å². The molecule has 0 aromatic rings. The SMILES string of the molecule is CCC(CCO)NCCCC(F)(F)F. The summed E-state index contributed by atoms with van der Waals surface area (Å²) in [4.78, 5) is 0.